The summed E-state index contributed by atoms with van der Waals surface area (Å²) < 4.78 is 35.0. The highest BCUT2D eigenvalue weighted by atomic mass is 32.2. The van der Waals surface area contributed by atoms with Crippen molar-refractivity contribution in [2.75, 3.05) is 19.1 Å². The van der Waals surface area contributed by atoms with Crippen LogP contribution >= 0.6 is 11.8 Å². The SMILES string of the molecule is CCN(Cc1ccc2c(c1)OCO2)C(=O)CSc1nnc(C(C)Oc2ccc(F)cc2)o1. The molecular weight excluding hydrogens is 437 g/mol. The topological polar surface area (TPSA) is 86.9 Å². The predicted molar refractivity (Wildman–Crippen MR) is 114 cm³/mol. The molecule has 1 unspecified atom stereocenters. The molecule has 0 aliphatic carbocycles. The largest absolute Gasteiger partial charge is 0.481 e. The molecule has 10 heteroatoms. The molecule has 32 heavy (non-hydrogen) atoms. The molecule has 0 saturated carbocycles. The summed E-state index contributed by atoms with van der Waals surface area (Å²) in [6, 6.07) is 11.3. The summed E-state index contributed by atoms with van der Waals surface area (Å²) in [6.45, 7) is 4.91. The van der Waals surface area contributed by atoms with E-state index in [0.29, 0.717) is 30.3 Å². The van der Waals surface area contributed by atoms with Gasteiger partial charge in [0.15, 0.2) is 17.6 Å². The molecule has 0 saturated heterocycles. The quantitative estimate of drug-likeness (QED) is 0.440. The number of benzene rings is 2. The Hall–Kier alpha value is -3.27. The molecule has 1 aromatic heterocycles. The molecule has 1 amide bonds. The van der Waals surface area contributed by atoms with Crippen LogP contribution in [0, 0.1) is 5.82 Å². The van der Waals surface area contributed by atoms with Crippen molar-refractivity contribution in [2.24, 2.45) is 0 Å². The third-order valence-electron chi connectivity index (χ3n) is 4.76. The van der Waals surface area contributed by atoms with Crippen molar-refractivity contribution in [1.82, 2.24) is 15.1 Å². The molecule has 3 aromatic rings. The van der Waals surface area contributed by atoms with Gasteiger partial charge < -0.3 is 23.5 Å². The molecule has 8 nitrogen and oxygen atoms in total. The average Bonchev–Trinajstić information content (AvgIpc) is 3.46. The van der Waals surface area contributed by atoms with Crippen LogP contribution in [0.5, 0.6) is 17.2 Å². The van der Waals surface area contributed by atoms with Crippen molar-refractivity contribution in [3.8, 4) is 17.2 Å². The summed E-state index contributed by atoms with van der Waals surface area (Å²) in [5.74, 6) is 1.93. The molecule has 0 N–H and O–H groups in total. The van der Waals surface area contributed by atoms with Gasteiger partial charge in [-0.1, -0.05) is 17.8 Å². The second-order valence-corrected chi connectivity index (χ2v) is 7.93. The molecule has 4 rings (SSSR count). The van der Waals surface area contributed by atoms with E-state index in [1.807, 2.05) is 25.1 Å². The standard InChI is InChI=1S/C22H22FN3O5S/c1-3-26(11-15-4-9-18-19(10-15)29-13-28-18)20(27)12-32-22-25-24-21(31-22)14(2)30-17-7-5-16(23)6-8-17/h4-10,14H,3,11-13H2,1-2H3. The highest BCUT2D eigenvalue weighted by Crippen LogP contribution is 2.33. The van der Waals surface area contributed by atoms with Gasteiger partial charge in [0.05, 0.1) is 5.75 Å². The predicted octanol–water partition coefficient (Wildman–Crippen LogP) is 4.22. The number of carbonyl (C=O) groups is 1. The first-order valence-corrected chi connectivity index (χ1v) is 11.0. The molecule has 2 heterocycles. The minimum Gasteiger partial charge on any atom is -0.481 e. The van der Waals surface area contributed by atoms with Crippen LogP contribution in [0.2, 0.25) is 0 Å². The van der Waals surface area contributed by atoms with Gasteiger partial charge in [-0.3, -0.25) is 4.79 Å². The average molecular weight is 459 g/mol. The van der Waals surface area contributed by atoms with Gasteiger partial charge in [-0.05, 0) is 55.8 Å². The van der Waals surface area contributed by atoms with Crippen molar-refractivity contribution in [3.63, 3.8) is 0 Å². The first-order valence-electron chi connectivity index (χ1n) is 10.1. The third-order valence-corrected chi connectivity index (χ3v) is 5.56. The van der Waals surface area contributed by atoms with Gasteiger partial charge in [-0.2, -0.15) is 0 Å². The first kappa shape index (κ1) is 21.9. The van der Waals surface area contributed by atoms with Gasteiger partial charge in [0.1, 0.15) is 11.6 Å². The lowest BCUT2D eigenvalue weighted by Crippen LogP contribution is -2.31. The summed E-state index contributed by atoms with van der Waals surface area (Å²) in [4.78, 5) is 14.4. The molecule has 0 bridgehead atoms. The molecular formula is C22H22FN3O5S. The van der Waals surface area contributed by atoms with Crippen LogP contribution in [-0.2, 0) is 11.3 Å². The van der Waals surface area contributed by atoms with Gasteiger partial charge in [0.2, 0.25) is 12.7 Å². The van der Waals surface area contributed by atoms with Gasteiger partial charge in [-0.25, -0.2) is 4.39 Å². The van der Waals surface area contributed by atoms with Crippen LogP contribution in [0.4, 0.5) is 4.39 Å². The van der Waals surface area contributed by atoms with Crippen molar-refractivity contribution in [2.45, 2.75) is 31.7 Å². The van der Waals surface area contributed by atoms with E-state index in [1.165, 1.54) is 36.0 Å². The Labute approximate surface area is 188 Å². The smallest absolute Gasteiger partial charge is 0.277 e. The second kappa shape index (κ2) is 9.90. The maximum absolute atomic E-state index is 13.0. The van der Waals surface area contributed by atoms with Crippen LogP contribution in [0.25, 0.3) is 0 Å². The number of amides is 1. The molecule has 168 valence electrons. The van der Waals surface area contributed by atoms with Crippen LogP contribution in [0.1, 0.15) is 31.4 Å². The van der Waals surface area contributed by atoms with E-state index < -0.39 is 6.10 Å². The van der Waals surface area contributed by atoms with E-state index in [4.69, 9.17) is 18.6 Å². The summed E-state index contributed by atoms with van der Waals surface area (Å²) in [5.41, 5.74) is 0.960. The van der Waals surface area contributed by atoms with Gasteiger partial charge in [0.25, 0.3) is 11.1 Å². The number of ether oxygens (including phenoxy) is 3. The van der Waals surface area contributed by atoms with Crippen molar-refractivity contribution < 1.29 is 27.8 Å². The molecule has 1 aliphatic heterocycles. The third kappa shape index (κ3) is 5.31. The fourth-order valence-corrected chi connectivity index (χ4v) is 3.73. The van der Waals surface area contributed by atoms with E-state index in [9.17, 15) is 9.18 Å². The van der Waals surface area contributed by atoms with Crippen molar-refractivity contribution in [1.29, 1.82) is 0 Å². The van der Waals surface area contributed by atoms with Gasteiger partial charge in [0, 0.05) is 13.1 Å². The fourth-order valence-electron chi connectivity index (χ4n) is 3.06. The Balaban J connectivity index is 1.30. The lowest BCUT2D eigenvalue weighted by atomic mass is 10.2. The molecule has 1 aliphatic rings. The zero-order chi connectivity index (χ0) is 22.5. The van der Waals surface area contributed by atoms with Crippen LogP contribution < -0.4 is 14.2 Å². The zero-order valence-corrected chi connectivity index (χ0v) is 18.4. The molecule has 0 radical (unpaired) electrons. The number of fused-ring (bicyclic) bond motifs is 1. The zero-order valence-electron chi connectivity index (χ0n) is 17.6. The number of carbonyl (C=O) groups excluding carboxylic acids is 1. The van der Waals surface area contributed by atoms with Crippen molar-refractivity contribution in [3.05, 3.63) is 59.7 Å². The number of hydrogen-bond acceptors (Lipinski definition) is 8. The summed E-state index contributed by atoms with van der Waals surface area (Å²) >= 11 is 1.17. The number of halogens is 1. The van der Waals surface area contributed by atoms with E-state index in [0.717, 1.165) is 5.56 Å². The minimum absolute atomic E-state index is 0.0504. The Morgan fingerprint density at radius 2 is 1.97 bits per heavy atom. The summed E-state index contributed by atoms with van der Waals surface area (Å²) in [6.07, 6.45) is -0.517. The Morgan fingerprint density at radius 1 is 1.19 bits per heavy atom. The summed E-state index contributed by atoms with van der Waals surface area (Å²) in [5, 5.41) is 8.24. The van der Waals surface area contributed by atoms with E-state index in [-0.39, 0.29) is 35.4 Å². The Morgan fingerprint density at radius 3 is 2.75 bits per heavy atom. The van der Waals surface area contributed by atoms with E-state index in [1.54, 1.807) is 11.8 Å². The second-order valence-electron chi connectivity index (χ2n) is 7.00. The Kier molecular flexibility index (Phi) is 6.79. The highest BCUT2D eigenvalue weighted by Gasteiger charge is 2.20. The minimum atomic E-state index is -0.517. The number of aromatic nitrogens is 2. The Bertz CT molecular complexity index is 1080. The lowest BCUT2D eigenvalue weighted by molar-refractivity contribution is -0.128. The first-order chi connectivity index (χ1) is 15.5. The van der Waals surface area contributed by atoms with Crippen molar-refractivity contribution >= 4 is 17.7 Å². The number of thioether (sulfide) groups is 1. The number of nitrogens with zero attached hydrogens (tertiary/aromatic N) is 3. The van der Waals surface area contributed by atoms with Crippen LogP contribution in [0.3, 0.4) is 0 Å². The van der Waals surface area contributed by atoms with Gasteiger partial charge in [-0.15, -0.1) is 10.2 Å². The molecule has 2 aromatic carbocycles. The van der Waals surface area contributed by atoms with Crippen LogP contribution in [-0.4, -0.2) is 40.1 Å². The monoisotopic (exact) mass is 459 g/mol. The normalized spacial score (nSPS) is 13.1. The lowest BCUT2D eigenvalue weighted by Gasteiger charge is -2.20. The maximum atomic E-state index is 13.0. The number of hydrogen-bond donors (Lipinski definition) is 0. The van der Waals surface area contributed by atoms with E-state index >= 15 is 0 Å². The molecule has 0 fully saturated rings. The van der Waals surface area contributed by atoms with Crippen LogP contribution in [0.15, 0.2) is 52.1 Å². The highest BCUT2D eigenvalue weighted by molar-refractivity contribution is 7.99. The maximum Gasteiger partial charge on any atom is 0.277 e. The van der Waals surface area contributed by atoms with Gasteiger partial charge >= 0.3 is 0 Å². The fraction of sp³-hybridized carbons (Fsp3) is 0.318. The van der Waals surface area contributed by atoms with E-state index in [2.05, 4.69) is 10.2 Å². The molecule has 0 spiro atoms. The number of rotatable bonds is 9. The summed E-state index contributed by atoms with van der Waals surface area (Å²) in [7, 11) is 0. The molecule has 1 atom stereocenters.